The summed E-state index contributed by atoms with van der Waals surface area (Å²) in [6, 6.07) is 8.28. The number of hydrogen-bond donors (Lipinski definition) is 2. The molecule has 0 fully saturated rings. The van der Waals surface area contributed by atoms with Crippen molar-refractivity contribution < 1.29 is 23.0 Å². The van der Waals surface area contributed by atoms with E-state index in [2.05, 4.69) is 20.8 Å². The predicted octanol–water partition coefficient (Wildman–Crippen LogP) is 4.53. The number of thioether (sulfide) groups is 1. The lowest BCUT2D eigenvalue weighted by Gasteiger charge is -2.13. The molecule has 3 aromatic rings. The second-order valence-electron chi connectivity index (χ2n) is 7.14. The number of benzene rings is 1. The van der Waals surface area contributed by atoms with Gasteiger partial charge in [0.1, 0.15) is 16.5 Å². The van der Waals surface area contributed by atoms with Crippen LogP contribution in [0, 0.1) is 17.0 Å². The summed E-state index contributed by atoms with van der Waals surface area (Å²) < 4.78 is 32.1. The first-order valence-corrected chi connectivity index (χ1v) is 10.8. The molecule has 0 bridgehead atoms. The van der Waals surface area contributed by atoms with Crippen LogP contribution in [0.15, 0.2) is 52.1 Å². The Hall–Kier alpha value is -3.54. The smallest absolute Gasteiger partial charge is 0.292 e. The van der Waals surface area contributed by atoms with E-state index in [1.54, 1.807) is 24.4 Å². The first-order valence-electron chi connectivity index (χ1n) is 9.84. The number of nitro groups is 1. The van der Waals surface area contributed by atoms with E-state index in [0.29, 0.717) is 29.0 Å². The van der Waals surface area contributed by atoms with Crippen molar-refractivity contribution in [3.8, 4) is 0 Å². The summed E-state index contributed by atoms with van der Waals surface area (Å²) in [4.78, 5) is 27.4. The van der Waals surface area contributed by atoms with Crippen LogP contribution in [-0.2, 0) is 11.7 Å². The van der Waals surface area contributed by atoms with Crippen molar-refractivity contribution in [3.63, 3.8) is 0 Å². The van der Waals surface area contributed by atoms with Gasteiger partial charge in [-0.3, -0.25) is 14.9 Å². The van der Waals surface area contributed by atoms with Crippen molar-refractivity contribution in [1.82, 2.24) is 15.5 Å². The Morgan fingerprint density at radius 2 is 2.06 bits per heavy atom. The number of nitro benzene ring substituents is 1. The molecule has 2 heterocycles. The van der Waals surface area contributed by atoms with Crippen molar-refractivity contribution in [2.24, 2.45) is 0 Å². The fourth-order valence-electron chi connectivity index (χ4n) is 2.88. The second-order valence-corrected chi connectivity index (χ2v) is 8.10. The quantitative estimate of drug-likeness (QED) is 0.189. The van der Waals surface area contributed by atoms with E-state index < -0.39 is 22.1 Å². The third-order valence-electron chi connectivity index (χ3n) is 4.47. The van der Waals surface area contributed by atoms with Crippen LogP contribution in [0.2, 0.25) is 0 Å². The van der Waals surface area contributed by atoms with Gasteiger partial charge in [0.05, 0.1) is 21.9 Å². The maximum atomic E-state index is 13.5. The maximum Gasteiger partial charge on any atom is 0.292 e. The molecule has 12 heteroatoms. The summed E-state index contributed by atoms with van der Waals surface area (Å²) >= 11 is 1.33. The van der Waals surface area contributed by atoms with Gasteiger partial charge < -0.3 is 15.2 Å². The summed E-state index contributed by atoms with van der Waals surface area (Å²) in [6.45, 7) is 2.77. The summed E-state index contributed by atoms with van der Waals surface area (Å²) in [6.07, 6.45) is 1.58. The SMILES string of the molecule is Cc1cc(CSc2ncccc2C(=O)NCCNc2ccc(C(C)(F)F)cc2[N+](=O)[O-])on1. The Bertz CT molecular complexity index is 1150. The zero-order valence-electron chi connectivity index (χ0n) is 17.8. The van der Waals surface area contributed by atoms with Gasteiger partial charge in [0.25, 0.3) is 17.5 Å². The summed E-state index contributed by atoms with van der Waals surface area (Å²) in [5, 5.41) is 21.1. The van der Waals surface area contributed by atoms with Gasteiger partial charge in [-0.1, -0.05) is 23.0 Å². The monoisotopic (exact) mass is 477 g/mol. The first-order chi connectivity index (χ1) is 15.6. The van der Waals surface area contributed by atoms with Gasteiger partial charge in [-0.05, 0) is 25.1 Å². The number of nitrogens with one attached hydrogen (secondary N) is 2. The molecule has 0 aliphatic heterocycles. The van der Waals surface area contributed by atoms with Crippen LogP contribution < -0.4 is 10.6 Å². The van der Waals surface area contributed by atoms with Gasteiger partial charge in [0, 0.05) is 43.9 Å². The minimum absolute atomic E-state index is 0.0854. The molecule has 9 nitrogen and oxygen atoms in total. The van der Waals surface area contributed by atoms with E-state index in [0.717, 1.165) is 17.8 Å². The number of hydrogen-bond acceptors (Lipinski definition) is 8. The van der Waals surface area contributed by atoms with E-state index in [-0.39, 0.29) is 24.7 Å². The van der Waals surface area contributed by atoms with Crippen molar-refractivity contribution in [3.05, 3.63) is 75.3 Å². The highest BCUT2D eigenvalue weighted by Gasteiger charge is 2.27. The number of carbonyl (C=O) groups excluding carboxylic acids is 1. The number of nitrogens with zero attached hydrogens (tertiary/aromatic N) is 3. The molecule has 33 heavy (non-hydrogen) atoms. The van der Waals surface area contributed by atoms with Crippen LogP contribution in [0.5, 0.6) is 0 Å². The summed E-state index contributed by atoms with van der Waals surface area (Å²) in [5.74, 6) is -2.44. The zero-order valence-corrected chi connectivity index (χ0v) is 18.6. The molecule has 2 aromatic heterocycles. The third kappa shape index (κ3) is 6.48. The minimum atomic E-state index is -3.19. The lowest BCUT2D eigenvalue weighted by molar-refractivity contribution is -0.384. The van der Waals surface area contributed by atoms with Gasteiger partial charge in [-0.15, -0.1) is 0 Å². The molecule has 174 valence electrons. The van der Waals surface area contributed by atoms with Crippen LogP contribution in [0.3, 0.4) is 0 Å². The Labute approximate surface area is 192 Å². The third-order valence-corrected chi connectivity index (χ3v) is 5.50. The molecule has 3 rings (SSSR count). The van der Waals surface area contributed by atoms with Crippen molar-refractivity contribution >= 4 is 29.0 Å². The van der Waals surface area contributed by atoms with Crippen LogP contribution in [-0.4, -0.2) is 34.1 Å². The van der Waals surface area contributed by atoms with E-state index in [1.165, 1.54) is 17.8 Å². The molecule has 1 amide bonds. The van der Waals surface area contributed by atoms with E-state index in [1.807, 2.05) is 6.92 Å². The number of aromatic nitrogens is 2. The lowest BCUT2D eigenvalue weighted by atomic mass is 10.1. The number of rotatable bonds is 10. The largest absolute Gasteiger partial charge is 0.378 e. The number of amides is 1. The zero-order chi connectivity index (χ0) is 24.0. The molecule has 0 saturated heterocycles. The molecule has 2 N–H and O–H groups in total. The number of pyridine rings is 1. The highest BCUT2D eigenvalue weighted by atomic mass is 32.2. The van der Waals surface area contributed by atoms with Gasteiger partial charge in [-0.2, -0.15) is 0 Å². The molecule has 0 atom stereocenters. The predicted molar refractivity (Wildman–Crippen MR) is 119 cm³/mol. The van der Waals surface area contributed by atoms with Crippen molar-refractivity contribution in [2.45, 2.75) is 30.5 Å². The second kappa shape index (κ2) is 10.4. The minimum Gasteiger partial charge on any atom is -0.378 e. The van der Waals surface area contributed by atoms with Gasteiger partial charge >= 0.3 is 0 Å². The number of anilines is 1. The molecule has 0 radical (unpaired) electrons. The normalized spacial score (nSPS) is 11.3. The standard InChI is InChI=1S/C21H21F2N5O4S/c1-13-10-15(32-27-13)12-33-20-16(4-3-7-26-20)19(29)25-9-8-24-17-6-5-14(21(2,22)23)11-18(17)28(30)31/h3-7,10-11,24H,8-9,12H2,1-2H3,(H,25,29). The molecule has 0 spiro atoms. The van der Waals surface area contributed by atoms with Gasteiger partial charge in [0.15, 0.2) is 0 Å². The molecule has 0 saturated carbocycles. The molecule has 0 aliphatic rings. The van der Waals surface area contributed by atoms with Crippen LogP contribution in [0.25, 0.3) is 0 Å². The summed E-state index contributed by atoms with van der Waals surface area (Å²) in [5.41, 5.74) is 0.306. The number of halogens is 2. The van der Waals surface area contributed by atoms with E-state index in [4.69, 9.17) is 4.52 Å². The summed E-state index contributed by atoms with van der Waals surface area (Å²) in [7, 11) is 0. The molecule has 0 unspecified atom stereocenters. The highest BCUT2D eigenvalue weighted by molar-refractivity contribution is 7.98. The Morgan fingerprint density at radius 1 is 1.27 bits per heavy atom. The number of carbonyl (C=O) groups is 1. The fraction of sp³-hybridized carbons (Fsp3) is 0.286. The van der Waals surface area contributed by atoms with Gasteiger partial charge in [-0.25, -0.2) is 13.8 Å². The highest BCUT2D eigenvalue weighted by Crippen LogP contribution is 2.33. The van der Waals surface area contributed by atoms with E-state index >= 15 is 0 Å². The molecule has 0 aliphatic carbocycles. The Balaban J connectivity index is 1.57. The number of aryl methyl sites for hydroxylation is 1. The van der Waals surface area contributed by atoms with Crippen LogP contribution in [0.1, 0.15) is 34.3 Å². The van der Waals surface area contributed by atoms with Crippen LogP contribution in [0.4, 0.5) is 20.2 Å². The molecule has 1 aromatic carbocycles. The molecular weight excluding hydrogens is 456 g/mol. The molecular formula is C21H21F2N5O4S. The van der Waals surface area contributed by atoms with Crippen LogP contribution >= 0.6 is 11.8 Å². The number of alkyl halides is 2. The van der Waals surface area contributed by atoms with E-state index in [9.17, 15) is 23.7 Å². The topological polar surface area (TPSA) is 123 Å². The van der Waals surface area contributed by atoms with Crippen molar-refractivity contribution in [1.29, 1.82) is 0 Å². The average molecular weight is 477 g/mol. The average Bonchev–Trinajstić information content (AvgIpc) is 3.19. The first kappa shape index (κ1) is 24.1. The maximum absolute atomic E-state index is 13.5. The Kier molecular flexibility index (Phi) is 7.59. The lowest BCUT2D eigenvalue weighted by Crippen LogP contribution is -2.29. The van der Waals surface area contributed by atoms with Crippen molar-refractivity contribution in [2.75, 3.05) is 18.4 Å². The Morgan fingerprint density at radius 3 is 2.73 bits per heavy atom. The fourth-order valence-corrected chi connectivity index (χ4v) is 3.74. The van der Waals surface area contributed by atoms with Gasteiger partial charge in [0.2, 0.25) is 0 Å².